The summed E-state index contributed by atoms with van der Waals surface area (Å²) in [6.45, 7) is -0.575. The summed E-state index contributed by atoms with van der Waals surface area (Å²) in [4.78, 5) is 10.7. The molecule has 1 aliphatic rings. The first kappa shape index (κ1) is 9.40. The van der Waals surface area contributed by atoms with Crippen molar-refractivity contribution < 1.29 is 25.2 Å². The maximum atomic E-state index is 10.7. The van der Waals surface area contributed by atoms with Crippen LogP contribution in [0.3, 0.4) is 0 Å². The molecule has 1 aliphatic heterocycles. The monoisotopic (exact) mass is 177 g/mol. The Morgan fingerprint density at radius 2 is 2.08 bits per heavy atom. The van der Waals surface area contributed by atoms with Gasteiger partial charge in [0.05, 0.1) is 18.8 Å². The minimum absolute atomic E-state index is 0.575. The molecule has 0 aromatic heterocycles. The molecule has 1 rings (SSSR count). The second-order valence-corrected chi connectivity index (χ2v) is 2.72. The molecule has 0 spiro atoms. The molecule has 0 radical (unpaired) electrons. The van der Waals surface area contributed by atoms with Crippen LogP contribution in [-0.4, -0.2) is 57.3 Å². The van der Waals surface area contributed by atoms with Gasteiger partial charge >= 0.3 is 0 Å². The molecule has 0 bridgehead atoms. The molecule has 0 unspecified atom stereocenters. The third kappa shape index (κ3) is 1.42. The Kier molecular flexibility index (Phi) is 2.63. The maximum absolute atomic E-state index is 10.7. The number of carbonyl (C=O) groups excluding carboxylic acids is 1. The highest BCUT2D eigenvalue weighted by atomic mass is 16.4. The Morgan fingerprint density at radius 3 is 2.42 bits per heavy atom. The molecule has 1 amide bonds. The van der Waals surface area contributed by atoms with Gasteiger partial charge in [-0.1, -0.05) is 0 Å². The number of amides is 1. The van der Waals surface area contributed by atoms with E-state index in [-0.39, 0.29) is 0 Å². The quantitative estimate of drug-likeness (QED) is 0.301. The van der Waals surface area contributed by atoms with E-state index in [9.17, 15) is 4.79 Å². The number of carbonyl (C=O) groups is 1. The van der Waals surface area contributed by atoms with Crippen LogP contribution < -0.4 is 5.32 Å². The number of hydrogen-bond acceptors (Lipinski definition) is 5. The largest absolute Gasteiger partial charge is 0.394 e. The molecule has 0 aromatic rings. The van der Waals surface area contributed by atoms with Crippen molar-refractivity contribution in [3.8, 4) is 0 Å². The highest BCUT2D eigenvalue weighted by Crippen LogP contribution is 2.12. The fraction of sp³-hybridized carbons (Fsp3) is 0.833. The highest BCUT2D eigenvalue weighted by Gasteiger charge is 2.43. The van der Waals surface area contributed by atoms with Crippen molar-refractivity contribution in [3.63, 3.8) is 0 Å². The lowest BCUT2D eigenvalue weighted by molar-refractivity contribution is -0.128. The first-order valence-corrected chi connectivity index (χ1v) is 3.53. The zero-order valence-electron chi connectivity index (χ0n) is 6.21. The van der Waals surface area contributed by atoms with Crippen LogP contribution in [-0.2, 0) is 4.79 Å². The molecule has 0 saturated carbocycles. The molecule has 6 heteroatoms. The minimum Gasteiger partial charge on any atom is -0.394 e. The van der Waals surface area contributed by atoms with Crippen molar-refractivity contribution in [2.24, 2.45) is 0 Å². The smallest absolute Gasteiger partial charge is 0.252 e. The molecule has 6 nitrogen and oxygen atoms in total. The Balaban J connectivity index is 2.64. The van der Waals surface area contributed by atoms with Crippen LogP contribution in [0.2, 0.25) is 0 Å². The molecule has 1 fully saturated rings. The topological polar surface area (TPSA) is 110 Å². The van der Waals surface area contributed by atoms with Crippen molar-refractivity contribution in [2.45, 2.75) is 24.4 Å². The van der Waals surface area contributed by atoms with E-state index in [1.807, 2.05) is 0 Å². The Labute approximate surface area is 68.4 Å². The van der Waals surface area contributed by atoms with Crippen LogP contribution in [0.25, 0.3) is 0 Å². The predicted octanol–water partition coefficient (Wildman–Crippen LogP) is -3.44. The second kappa shape index (κ2) is 3.36. The number of rotatable bonds is 2. The van der Waals surface area contributed by atoms with Crippen LogP contribution in [0.1, 0.15) is 0 Å². The van der Waals surface area contributed by atoms with Gasteiger partial charge in [-0.15, -0.1) is 0 Å². The van der Waals surface area contributed by atoms with Gasteiger partial charge in [-0.2, -0.15) is 0 Å². The maximum Gasteiger partial charge on any atom is 0.252 e. The summed E-state index contributed by atoms with van der Waals surface area (Å²) >= 11 is 0. The molecule has 70 valence electrons. The summed E-state index contributed by atoms with van der Waals surface area (Å²) in [7, 11) is 0. The molecule has 1 heterocycles. The number of nitrogens with one attached hydrogen (secondary N) is 1. The van der Waals surface area contributed by atoms with Gasteiger partial charge in [0.1, 0.15) is 6.10 Å². The van der Waals surface area contributed by atoms with Crippen molar-refractivity contribution in [2.75, 3.05) is 6.61 Å². The number of aliphatic hydroxyl groups excluding tert-OH is 4. The first-order valence-electron chi connectivity index (χ1n) is 3.53. The summed E-state index contributed by atoms with van der Waals surface area (Å²) in [6.07, 6.45) is -4.13. The van der Waals surface area contributed by atoms with Crippen molar-refractivity contribution in [1.82, 2.24) is 5.32 Å². The Morgan fingerprint density at radius 1 is 1.50 bits per heavy atom. The molecule has 5 N–H and O–H groups in total. The SMILES string of the molecule is O=C1N[C@@H]([C@H](O)CO)[C@H](O)[C@@H]1O. The highest BCUT2D eigenvalue weighted by molar-refractivity contribution is 5.84. The van der Waals surface area contributed by atoms with Gasteiger partial charge in [-0.25, -0.2) is 0 Å². The third-order valence-corrected chi connectivity index (χ3v) is 1.87. The molecular weight excluding hydrogens is 166 g/mol. The zero-order chi connectivity index (χ0) is 9.30. The fourth-order valence-electron chi connectivity index (χ4n) is 1.12. The van der Waals surface area contributed by atoms with Gasteiger partial charge in [0.25, 0.3) is 5.91 Å². The molecule has 4 atom stereocenters. The van der Waals surface area contributed by atoms with E-state index in [0.29, 0.717) is 0 Å². The number of aliphatic hydroxyl groups is 4. The fourth-order valence-corrected chi connectivity index (χ4v) is 1.12. The predicted molar refractivity (Wildman–Crippen MR) is 37.0 cm³/mol. The molecule has 0 aromatic carbocycles. The van der Waals surface area contributed by atoms with E-state index in [1.54, 1.807) is 0 Å². The Bertz CT molecular complexity index is 185. The van der Waals surface area contributed by atoms with Crippen LogP contribution in [0.15, 0.2) is 0 Å². The van der Waals surface area contributed by atoms with Crippen LogP contribution in [0.4, 0.5) is 0 Å². The normalized spacial score (nSPS) is 38.0. The average molecular weight is 177 g/mol. The molecule has 0 aliphatic carbocycles. The lowest BCUT2D eigenvalue weighted by atomic mass is 10.1. The first-order chi connectivity index (χ1) is 5.57. The molecule has 1 saturated heterocycles. The van der Waals surface area contributed by atoms with E-state index in [0.717, 1.165) is 0 Å². The van der Waals surface area contributed by atoms with E-state index >= 15 is 0 Å². The minimum atomic E-state index is -1.52. The zero-order valence-corrected chi connectivity index (χ0v) is 6.21. The van der Waals surface area contributed by atoms with Gasteiger partial charge in [-0.3, -0.25) is 4.79 Å². The molecule has 12 heavy (non-hydrogen) atoms. The standard InChI is InChI=1S/C6H11NO5/c8-1-2(9)3-4(10)5(11)6(12)7-3/h2-5,8-11H,1H2,(H,7,12)/t2-,3+,4+,5+/m1/s1. The second-order valence-electron chi connectivity index (χ2n) is 2.72. The van der Waals surface area contributed by atoms with E-state index in [2.05, 4.69) is 5.32 Å². The summed E-state index contributed by atoms with van der Waals surface area (Å²) in [5.41, 5.74) is 0. The Hall–Kier alpha value is -0.690. The summed E-state index contributed by atoms with van der Waals surface area (Å²) in [6, 6.07) is -0.988. The van der Waals surface area contributed by atoms with Gasteiger partial charge in [0.15, 0.2) is 6.10 Å². The van der Waals surface area contributed by atoms with E-state index < -0.39 is 36.9 Å². The summed E-state index contributed by atoms with van der Waals surface area (Å²) in [5, 5.41) is 37.7. The van der Waals surface area contributed by atoms with Crippen molar-refractivity contribution in [1.29, 1.82) is 0 Å². The molecular formula is C6H11NO5. The summed E-state index contributed by atoms with van der Waals surface area (Å²) < 4.78 is 0. The van der Waals surface area contributed by atoms with Gasteiger partial charge in [-0.05, 0) is 0 Å². The number of hydrogen-bond donors (Lipinski definition) is 5. The summed E-state index contributed by atoms with van der Waals surface area (Å²) in [5.74, 6) is -0.736. The van der Waals surface area contributed by atoms with E-state index in [1.165, 1.54) is 0 Å². The van der Waals surface area contributed by atoms with Crippen LogP contribution in [0, 0.1) is 0 Å². The van der Waals surface area contributed by atoms with Gasteiger partial charge < -0.3 is 25.7 Å². The average Bonchev–Trinajstić information content (AvgIpc) is 2.32. The lowest BCUT2D eigenvalue weighted by Gasteiger charge is -2.18. The van der Waals surface area contributed by atoms with Gasteiger partial charge in [0, 0.05) is 0 Å². The lowest BCUT2D eigenvalue weighted by Crippen LogP contribution is -2.45. The van der Waals surface area contributed by atoms with Crippen LogP contribution >= 0.6 is 0 Å². The van der Waals surface area contributed by atoms with E-state index in [4.69, 9.17) is 20.4 Å². The van der Waals surface area contributed by atoms with Crippen molar-refractivity contribution in [3.05, 3.63) is 0 Å². The van der Waals surface area contributed by atoms with Crippen molar-refractivity contribution >= 4 is 5.91 Å². The van der Waals surface area contributed by atoms with Crippen LogP contribution in [0.5, 0.6) is 0 Å². The van der Waals surface area contributed by atoms with Gasteiger partial charge in [0.2, 0.25) is 0 Å². The third-order valence-electron chi connectivity index (χ3n) is 1.87.